The third kappa shape index (κ3) is 4.35. The van der Waals surface area contributed by atoms with E-state index in [9.17, 15) is 13.4 Å². The van der Waals surface area contributed by atoms with E-state index in [4.69, 9.17) is 9.84 Å². The van der Waals surface area contributed by atoms with Gasteiger partial charge in [0.2, 0.25) is 0 Å². The number of rotatable bonds is 5. The van der Waals surface area contributed by atoms with E-state index in [0.29, 0.717) is 29.8 Å². The minimum atomic E-state index is -0.986. The van der Waals surface area contributed by atoms with Gasteiger partial charge in [0.05, 0.1) is 17.4 Å². The Morgan fingerprint density at radius 1 is 1.32 bits per heavy atom. The van der Waals surface area contributed by atoms with Gasteiger partial charge in [-0.25, -0.2) is 12.9 Å². The van der Waals surface area contributed by atoms with Crippen molar-refractivity contribution >= 4 is 27.7 Å². The van der Waals surface area contributed by atoms with Crippen molar-refractivity contribution in [3.8, 4) is 5.75 Å². The standard InChI is InChI=1S/C18H20FNO4S/c1-25(23)20-6-4-15(5-7-20)24-17-9-12(10-18(21)22)8-13-2-3-14(19)11-16(13)17/h2-3,8-9,11,15H,4-7,10H2,1H3,(H,21,22). The van der Waals surface area contributed by atoms with Crippen molar-refractivity contribution in [2.45, 2.75) is 25.4 Å². The number of carbonyl (C=O) groups is 1. The summed E-state index contributed by atoms with van der Waals surface area (Å²) in [6.45, 7) is 1.35. The van der Waals surface area contributed by atoms with Gasteiger partial charge < -0.3 is 9.84 Å². The largest absolute Gasteiger partial charge is 0.490 e. The van der Waals surface area contributed by atoms with Crippen LogP contribution in [0.5, 0.6) is 5.75 Å². The summed E-state index contributed by atoms with van der Waals surface area (Å²) in [6.07, 6.45) is 2.93. The number of carboxylic acids is 1. The van der Waals surface area contributed by atoms with Crippen LogP contribution in [0.25, 0.3) is 10.8 Å². The molecule has 1 atom stereocenters. The van der Waals surface area contributed by atoms with Crippen LogP contribution >= 0.6 is 0 Å². The number of ether oxygens (including phenoxy) is 1. The lowest BCUT2D eigenvalue weighted by atomic mass is 10.0. The van der Waals surface area contributed by atoms with Gasteiger partial charge in [-0.05, 0) is 42.0 Å². The van der Waals surface area contributed by atoms with E-state index in [1.807, 2.05) is 4.31 Å². The number of halogens is 1. The van der Waals surface area contributed by atoms with Crippen molar-refractivity contribution in [1.29, 1.82) is 0 Å². The summed E-state index contributed by atoms with van der Waals surface area (Å²) < 4.78 is 33.2. The van der Waals surface area contributed by atoms with Crippen molar-refractivity contribution in [1.82, 2.24) is 4.31 Å². The number of fused-ring (bicyclic) bond motifs is 1. The summed E-state index contributed by atoms with van der Waals surface area (Å²) in [5, 5.41) is 10.4. The summed E-state index contributed by atoms with van der Waals surface area (Å²) in [5.41, 5.74) is 0.619. The molecule has 1 heterocycles. The molecular weight excluding hydrogens is 345 g/mol. The Bertz CT molecular complexity index is 818. The first-order valence-electron chi connectivity index (χ1n) is 8.11. The highest BCUT2D eigenvalue weighted by atomic mass is 32.2. The Balaban J connectivity index is 1.87. The van der Waals surface area contributed by atoms with Gasteiger partial charge in [-0.1, -0.05) is 12.1 Å². The molecule has 1 unspecified atom stereocenters. The first-order valence-corrected chi connectivity index (χ1v) is 9.63. The zero-order valence-electron chi connectivity index (χ0n) is 13.9. The number of piperidine rings is 1. The average molecular weight is 365 g/mol. The fraction of sp³-hybridized carbons (Fsp3) is 0.389. The third-order valence-electron chi connectivity index (χ3n) is 4.35. The summed E-state index contributed by atoms with van der Waals surface area (Å²) in [5.74, 6) is -0.782. The smallest absolute Gasteiger partial charge is 0.307 e. The third-order valence-corrected chi connectivity index (χ3v) is 5.44. The normalized spacial score (nSPS) is 17.5. The molecule has 0 amide bonds. The van der Waals surface area contributed by atoms with Crippen molar-refractivity contribution in [2.24, 2.45) is 0 Å². The molecule has 1 aliphatic rings. The number of benzene rings is 2. The molecule has 2 aromatic rings. The molecule has 1 fully saturated rings. The van der Waals surface area contributed by atoms with Crippen LogP contribution < -0.4 is 4.74 Å². The van der Waals surface area contributed by atoms with Gasteiger partial charge in [-0.3, -0.25) is 4.79 Å². The van der Waals surface area contributed by atoms with E-state index < -0.39 is 17.0 Å². The summed E-state index contributed by atoms with van der Waals surface area (Å²) in [6, 6.07) is 7.82. The maximum atomic E-state index is 13.7. The molecule has 0 bridgehead atoms. The van der Waals surface area contributed by atoms with Crippen LogP contribution in [0.4, 0.5) is 4.39 Å². The molecule has 7 heteroatoms. The van der Waals surface area contributed by atoms with Crippen LogP contribution in [0.2, 0.25) is 0 Å². The van der Waals surface area contributed by atoms with Crippen LogP contribution in [-0.2, 0) is 22.2 Å². The lowest BCUT2D eigenvalue weighted by Gasteiger charge is -2.30. The summed E-state index contributed by atoms with van der Waals surface area (Å²) in [4.78, 5) is 11.0. The van der Waals surface area contributed by atoms with Gasteiger partial charge in [0.15, 0.2) is 0 Å². The first kappa shape index (κ1) is 17.8. The fourth-order valence-corrected chi connectivity index (χ4v) is 3.84. The van der Waals surface area contributed by atoms with Gasteiger partial charge in [-0.15, -0.1) is 0 Å². The van der Waals surface area contributed by atoms with Crippen LogP contribution in [0.1, 0.15) is 18.4 Å². The van der Waals surface area contributed by atoms with E-state index in [-0.39, 0.29) is 18.3 Å². The van der Waals surface area contributed by atoms with Crippen LogP contribution in [0.3, 0.4) is 0 Å². The van der Waals surface area contributed by atoms with Crippen molar-refractivity contribution < 1.29 is 23.2 Å². The molecule has 1 aliphatic heterocycles. The second-order valence-electron chi connectivity index (χ2n) is 6.20. The topological polar surface area (TPSA) is 66.8 Å². The Morgan fingerprint density at radius 2 is 2.04 bits per heavy atom. The average Bonchev–Trinajstić information content (AvgIpc) is 2.55. The molecule has 0 aliphatic carbocycles. The molecule has 5 nitrogen and oxygen atoms in total. The van der Waals surface area contributed by atoms with Gasteiger partial charge in [0.25, 0.3) is 0 Å². The maximum absolute atomic E-state index is 13.7. The SMILES string of the molecule is CS(=O)N1CCC(Oc2cc(CC(=O)O)cc3ccc(F)cc23)CC1. The number of carboxylic acid groups (broad SMARTS) is 1. The Kier molecular flexibility index (Phi) is 5.34. The summed E-state index contributed by atoms with van der Waals surface area (Å²) >= 11 is 0. The highest BCUT2D eigenvalue weighted by molar-refractivity contribution is 7.81. The molecular formula is C18H20FNO4S. The lowest BCUT2D eigenvalue weighted by molar-refractivity contribution is -0.136. The predicted molar refractivity (Wildman–Crippen MR) is 94.5 cm³/mol. The van der Waals surface area contributed by atoms with E-state index in [1.165, 1.54) is 12.1 Å². The summed E-state index contributed by atoms with van der Waals surface area (Å²) in [7, 11) is -0.986. The molecule has 1 N–H and O–H groups in total. The molecule has 134 valence electrons. The van der Waals surface area contributed by atoms with E-state index >= 15 is 0 Å². The number of aliphatic carboxylic acids is 1. The van der Waals surface area contributed by atoms with Crippen molar-refractivity contribution in [2.75, 3.05) is 19.3 Å². The quantitative estimate of drug-likeness (QED) is 0.885. The monoisotopic (exact) mass is 365 g/mol. The second kappa shape index (κ2) is 7.49. The first-order chi connectivity index (χ1) is 11.9. The molecule has 0 radical (unpaired) electrons. The molecule has 0 saturated carbocycles. The number of hydrogen-bond acceptors (Lipinski definition) is 3. The highest BCUT2D eigenvalue weighted by Gasteiger charge is 2.23. The lowest BCUT2D eigenvalue weighted by Crippen LogP contribution is -2.38. The highest BCUT2D eigenvalue weighted by Crippen LogP contribution is 2.31. The minimum absolute atomic E-state index is 0.0636. The number of nitrogens with zero attached hydrogens (tertiary/aromatic N) is 1. The van der Waals surface area contributed by atoms with Crippen LogP contribution in [0.15, 0.2) is 30.3 Å². The van der Waals surface area contributed by atoms with E-state index in [1.54, 1.807) is 24.5 Å². The Labute approximate surface area is 148 Å². The van der Waals surface area contributed by atoms with E-state index in [2.05, 4.69) is 0 Å². The van der Waals surface area contributed by atoms with Crippen LogP contribution in [0, 0.1) is 5.82 Å². The Morgan fingerprint density at radius 3 is 2.68 bits per heavy atom. The van der Waals surface area contributed by atoms with Gasteiger partial charge >= 0.3 is 5.97 Å². The molecule has 1 saturated heterocycles. The zero-order valence-corrected chi connectivity index (χ0v) is 14.7. The van der Waals surface area contributed by atoms with E-state index in [0.717, 1.165) is 18.2 Å². The van der Waals surface area contributed by atoms with Gasteiger partial charge in [0.1, 0.15) is 17.7 Å². The van der Waals surface area contributed by atoms with Gasteiger partial charge in [0, 0.05) is 24.7 Å². The molecule has 2 aromatic carbocycles. The second-order valence-corrected chi connectivity index (χ2v) is 7.56. The van der Waals surface area contributed by atoms with Gasteiger partial charge in [-0.2, -0.15) is 0 Å². The minimum Gasteiger partial charge on any atom is -0.490 e. The fourth-order valence-electron chi connectivity index (χ4n) is 3.12. The molecule has 3 rings (SSSR count). The number of hydrogen-bond donors (Lipinski definition) is 1. The van der Waals surface area contributed by atoms with Crippen molar-refractivity contribution in [3.05, 3.63) is 41.7 Å². The zero-order chi connectivity index (χ0) is 18.0. The van der Waals surface area contributed by atoms with Crippen molar-refractivity contribution in [3.63, 3.8) is 0 Å². The maximum Gasteiger partial charge on any atom is 0.307 e. The van der Waals surface area contributed by atoms with Crippen LogP contribution in [-0.4, -0.2) is 45.0 Å². The molecule has 25 heavy (non-hydrogen) atoms. The predicted octanol–water partition coefficient (Wildman–Crippen LogP) is 2.74. The molecule has 0 spiro atoms. The Hall–Kier alpha value is -1.99. The molecule has 0 aromatic heterocycles.